The van der Waals surface area contributed by atoms with Crippen molar-refractivity contribution in [2.75, 3.05) is 0 Å². The number of nitrogens with zero attached hydrogens (tertiary/aromatic N) is 1. The smallest absolute Gasteiger partial charge is 0.330 e. The van der Waals surface area contributed by atoms with Crippen molar-refractivity contribution >= 4 is 23.2 Å². The molecule has 132 valence electrons. The molecule has 3 aromatic rings. The molecular weight excluding hydrogens is 355 g/mol. The van der Waals surface area contributed by atoms with Gasteiger partial charge in [0.2, 0.25) is 0 Å². The molecule has 1 aromatic heterocycles. The average Bonchev–Trinajstić information content (AvgIpc) is 3.02. The fraction of sp³-hybridized carbons (Fsp3) is 0.105. The van der Waals surface area contributed by atoms with E-state index in [2.05, 4.69) is 10.3 Å². The molecule has 0 aliphatic heterocycles. The number of rotatable bonds is 5. The Kier molecular flexibility index (Phi) is 5.09. The first-order valence-corrected chi connectivity index (χ1v) is 8.60. The van der Waals surface area contributed by atoms with E-state index >= 15 is 0 Å². The molecule has 1 amide bonds. The molecule has 0 fully saturated rings. The van der Waals surface area contributed by atoms with Crippen LogP contribution in [0.5, 0.6) is 0 Å². The summed E-state index contributed by atoms with van der Waals surface area (Å²) in [6.45, 7) is 1.63. The van der Waals surface area contributed by atoms with Crippen LogP contribution in [0.15, 0.2) is 54.6 Å². The van der Waals surface area contributed by atoms with Crippen molar-refractivity contribution in [3.8, 4) is 10.6 Å². The summed E-state index contributed by atoms with van der Waals surface area (Å²) in [6, 6.07) is 13.4. The quantitative estimate of drug-likeness (QED) is 0.716. The molecule has 1 heterocycles. The summed E-state index contributed by atoms with van der Waals surface area (Å²) in [5.74, 6) is -2.15. The SMILES string of the molecule is Cc1nc(-c2ccccc2F)sc1C(=O)NC(C(=O)O)c1ccccc1. The molecule has 0 saturated heterocycles. The third-order valence-electron chi connectivity index (χ3n) is 3.76. The lowest BCUT2D eigenvalue weighted by Crippen LogP contribution is -2.33. The van der Waals surface area contributed by atoms with E-state index in [1.165, 1.54) is 6.07 Å². The number of halogens is 1. The highest BCUT2D eigenvalue weighted by Gasteiger charge is 2.25. The summed E-state index contributed by atoms with van der Waals surface area (Å²) in [5.41, 5.74) is 1.19. The van der Waals surface area contributed by atoms with E-state index in [-0.39, 0.29) is 4.88 Å². The molecule has 2 N–H and O–H groups in total. The number of hydrogen-bond acceptors (Lipinski definition) is 4. The Morgan fingerprint density at radius 2 is 1.77 bits per heavy atom. The van der Waals surface area contributed by atoms with E-state index in [0.717, 1.165) is 11.3 Å². The second-order valence-electron chi connectivity index (χ2n) is 5.57. The van der Waals surface area contributed by atoms with Crippen LogP contribution in [0.2, 0.25) is 0 Å². The van der Waals surface area contributed by atoms with E-state index in [9.17, 15) is 19.1 Å². The Balaban J connectivity index is 1.88. The first-order valence-electron chi connectivity index (χ1n) is 7.78. The second kappa shape index (κ2) is 7.45. The molecule has 5 nitrogen and oxygen atoms in total. The molecule has 0 aliphatic rings. The van der Waals surface area contributed by atoms with Gasteiger partial charge < -0.3 is 10.4 Å². The molecule has 0 spiro atoms. The van der Waals surface area contributed by atoms with Crippen molar-refractivity contribution in [2.24, 2.45) is 0 Å². The van der Waals surface area contributed by atoms with Gasteiger partial charge in [0.05, 0.1) is 5.69 Å². The van der Waals surface area contributed by atoms with Crippen molar-refractivity contribution in [1.82, 2.24) is 10.3 Å². The van der Waals surface area contributed by atoms with Gasteiger partial charge in [0, 0.05) is 5.56 Å². The summed E-state index contributed by atoms with van der Waals surface area (Å²) in [5, 5.41) is 12.3. The first-order chi connectivity index (χ1) is 12.5. The lowest BCUT2D eigenvalue weighted by Gasteiger charge is -2.14. The van der Waals surface area contributed by atoms with Crippen molar-refractivity contribution in [2.45, 2.75) is 13.0 Å². The highest BCUT2D eigenvalue weighted by Crippen LogP contribution is 2.30. The zero-order valence-corrected chi connectivity index (χ0v) is 14.6. The van der Waals surface area contributed by atoms with Crippen LogP contribution in [0.25, 0.3) is 10.6 Å². The molecule has 0 radical (unpaired) electrons. The topological polar surface area (TPSA) is 79.3 Å². The third-order valence-corrected chi connectivity index (χ3v) is 4.95. The fourth-order valence-corrected chi connectivity index (χ4v) is 3.48. The van der Waals surface area contributed by atoms with Crippen molar-refractivity contribution in [3.63, 3.8) is 0 Å². The van der Waals surface area contributed by atoms with Gasteiger partial charge in [-0.3, -0.25) is 4.79 Å². The van der Waals surface area contributed by atoms with E-state index in [1.54, 1.807) is 55.5 Å². The second-order valence-corrected chi connectivity index (χ2v) is 6.57. The number of aromatic nitrogens is 1. The minimum atomic E-state index is -1.18. The number of carbonyl (C=O) groups excluding carboxylic acids is 1. The van der Waals surface area contributed by atoms with Gasteiger partial charge in [0.25, 0.3) is 5.91 Å². The Morgan fingerprint density at radius 3 is 2.42 bits per heavy atom. The van der Waals surface area contributed by atoms with Crippen molar-refractivity contribution in [1.29, 1.82) is 0 Å². The molecule has 1 unspecified atom stereocenters. The van der Waals surface area contributed by atoms with E-state index < -0.39 is 23.7 Å². The maximum atomic E-state index is 13.9. The largest absolute Gasteiger partial charge is 0.479 e. The number of aryl methyl sites for hydroxylation is 1. The Labute approximate surface area is 153 Å². The summed E-state index contributed by atoms with van der Waals surface area (Å²) in [7, 11) is 0. The van der Waals surface area contributed by atoms with Crippen LogP contribution >= 0.6 is 11.3 Å². The Morgan fingerprint density at radius 1 is 1.12 bits per heavy atom. The summed E-state index contributed by atoms with van der Waals surface area (Å²) in [6.07, 6.45) is 0. The van der Waals surface area contributed by atoms with Crippen molar-refractivity contribution < 1.29 is 19.1 Å². The number of carboxylic acid groups (broad SMARTS) is 1. The number of carboxylic acids is 1. The summed E-state index contributed by atoms with van der Waals surface area (Å²) in [4.78, 5) is 28.6. The lowest BCUT2D eigenvalue weighted by molar-refractivity contribution is -0.139. The lowest BCUT2D eigenvalue weighted by atomic mass is 10.1. The minimum absolute atomic E-state index is 0.255. The first kappa shape index (κ1) is 17.8. The van der Waals surface area contributed by atoms with E-state index in [0.29, 0.717) is 21.8 Å². The summed E-state index contributed by atoms with van der Waals surface area (Å²) >= 11 is 1.03. The predicted molar refractivity (Wildman–Crippen MR) is 96.5 cm³/mol. The van der Waals surface area contributed by atoms with Crippen LogP contribution in [0.1, 0.15) is 27.0 Å². The molecule has 26 heavy (non-hydrogen) atoms. The van der Waals surface area contributed by atoms with Gasteiger partial charge in [0.15, 0.2) is 6.04 Å². The van der Waals surface area contributed by atoms with Crippen LogP contribution in [0.4, 0.5) is 4.39 Å². The van der Waals surface area contributed by atoms with Crippen LogP contribution in [-0.2, 0) is 4.79 Å². The number of nitrogens with one attached hydrogen (secondary N) is 1. The van der Waals surface area contributed by atoms with Gasteiger partial charge in [-0.2, -0.15) is 0 Å². The molecule has 0 saturated carbocycles. The van der Waals surface area contributed by atoms with Crippen molar-refractivity contribution in [3.05, 3.63) is 76.5 Å². The zero-order chi connectivity index (χ0) is 18.7. The van der Waals surface area contributed by atoms with Gasteiger partial charge in [-0.1, -0.05) is 42.5 Å². The maximum absolute atomic E-state index is 13.9. The third kappa shape index (κ3) is 3.62. The van der Waals surface area contributed by atoms with Gasteiger partial charge >= 0.3 is 5.97 Å². The van der Waals surface area contributed by atoms with Crippen LogP contribution in [0.3, 0.4) is 0 Å². The molecule has 0 aliphatic carbocycles. The Hall–Kier alpha value is -3.06. The highest BCUT2D eigenvalue weighted by atomic mass is 32.1. The number of benzene rings is 2. The number of carbonyl (C=O) groups is 2. The van der Waals surface area contributed by atoms with Gasteiger partial charge in [-0.25, -0.2) is 14.2 Å². The molecule has 7 heteroatoms. The summed E-state index contributed by atoms with van der Waals surface area (Å²) < 4.78 is 13.9. The molecule has 0 bridgehead atoms. The fourth-order valence-electron chi connectivity index (χ4n) is 2.49. The zero-order valence-electron chi connectivity index (χ0n) is 13.8. The molecular formula is C19H15FN2O3S. The minimum Gasteiger partial charge on any atom is -0.479 e. The van der Waals surface area contributed by atoms with Gasteiger partial charge in [-0.05, 0) is 24.6 Å². The van der Waals surface area contributed by atoms with E-state index in [4.69, 9.17) is 0 Å². The highest BCUT2D eigenvalue weighted by molar-refractivity contribution is 7.17. The van der Waals surface area contributed by atoms with Crippen LogP contribution in [-0.4, -0.2) is 22.0 Å². The van der Waals surface area contributed by atoms with Gasteiger partial charge in [-0.15, -0.1) is 11.3 Å². The standard InChI is InChI=1S/C19H15FN2O3S/c1-11-16(26-18(21-11)13-9-5-6-10-14(13)20)17(23)22-15(19(24)25)12-7-3-2-4-8-12/h2-10,15H,1H3,(H,22,23)(H,24,25). The predicted octanol–water partition coefficient (Wildman–Crippen LogP) is 3.81. The average molecular weight is 370 g/mol. The van der Waals surface area contributed by atoms with Crippen LogP contribution in [0, 0.1) is 12.7 Å². The Bertz CT molecular complexity index is 956. The molecule has 3 rings (SSSR count). The number of aliphatic carboxylic acids is 1. The maximum Gasteiger partial charge on any atom is 0.330 e. The number of amides is 1. The molecule has 2 aromatic carbocycles. The van der Waals surface area contributed by atoms with E-state index in [1.807, 2.05) is 0 Å². The van der Waals surface area contributed by atoms with Crippen LogP contribution < -0.4 is 5.32 Å². The number of hydrogen-bond donors (Lipinski definition) is 2. The monoisotopic (exact) mass is 370 g/mol. The number of thiazole rings is 1. The van der Waals surface area contributed by atoms with Gasteiger partial charge in [0.1, 0.15) is 15.7 Å². The molecule has 1 atom stereocenters. The normalized spacial score (nSPS) is 11.8.